The van der Waals surface area contributed by atoms with E-state index in [1.807, 2.05) is 24.3 Å². The lowest BCUT2D eigenvalue weighted by Gasteiger charge is -2.35. The van der Waals surface area contributed by atoms with Gasteiger partial charge in [0.15, 0.2) is 6.10 Å². The van der Waals surface area contributed by atoms with Crippen LogP contribution in [-0.4, -0.2) is 35.9 Å². The Balaban J connectivity index is 1.61. The molecule has 3 rings (SSSR count). The van der Waals surface area contributed by atoms with Crippen molar-refractivity contribution in [3.63, 3.8) is 0 Å². The number of ether oxygens (including phenoxy) is 1. The Hall–Kier alpha value is -1.75. The van der Waals surface area contributed by atoms with E-state index < -0.39 is 11.6 Å². The second-order valence-corrected chi connectivity index (χ2v) is 7.61. The van der Waals surface area contributed by atoms with E-state index in [0.717, 1.165) is 56.3 Å². The number of fused-ring (bicyclic) bond motifs is 1. The summed E-state index contributed by atoms with van der Waals surface area (Å²) in [6, 6.07) is 7.84. The van der Waals surface area contributed by atoms with Crippen LogP contribution in [0.2, 0.25) is 0 Å². The molecule has 142 valence electrons. The van der Waals surface area contributed by atoms with Gasteiger partial charge in [-0.2, -0.15) is 0 Å². The predicted molar refractivity (Wildman–Crippen MR) is 101 cm³/mol. The van der Waals surface area contributed by atoms with Gasteiger partial charge < -0.3 is 15.4 Å². The third-order valence-electron chi connectivity index (χ3n) is 5.40. The van der Waals surface area contributed by atoms with Gasteiger partial charge in [-0.15, -0.1) is 11.6 Å². The largest absolute Gasteiger partial charge is 0.480 e. The molecule has 0 aromatic heterocycles. The summed E-state index contributed by atoms with van der Waals surface area (Å²) in [6.07, 6.45) is 7.18. The van der Waals surface area contributed by atoms with Crippen LogP contribution in [0.15, 0.2) is 24.3 Å². The fraction of sp³-hybridized carbons (Fsp3) is 0.600. The molecule has 2 aliphatic rings. The molecule has 1 atom stereocenters. The van der Waals surface area contributed by atoms with Gasteiger partial charge in [-0.05, 0) is 37.3 Å². The molecule has 2 amide bonds. The average Bonchev–Trinajstić information content (AvgIpc) is 2.91. The van der Waals surface area contributed by atoms with Gasteiger partial charge in [0.05, 0.1) is 5.54 Å². The number of carbonyl (C=O) groups excluding carboxylic acids is 2. The molecule has 5 nitrogen and oxygen atoms in total. The highest BCUT2D eigenvalue weighted by atomic mass is 35.5. The van der Waals surface area contributed by atoms with Crippen molar-refractivity contribution >= 4 is 23.4 Å². The Morgan fingerprint density at radius 2 is 1.88 bits per heavy atom. The van der Waals surface area contributed by atoms with E-state index in [1.54, 1.807) is 0 Å². The zero-order chi connectivity index (χ0) is 18.4. The quantitative estimate of drug-likeness (QED) is 0.611. The summed E-state index contributed by atoms with van der Waals surface area (Å²) in [6.45, 7) is 0.427. The molecule has 1 heterocycles. The molecule has 6 heteroatoms. The van der Waals surface area contributed by atoms with E-state index in [2.05, 4.69) is 10.6 Å². The number of hydrogen-bond donors (Lipinski definition) is 2. The van der Waals surface area contributed by atoms with Crippen LogP contribution in [-0.2, 0) is 16.0 Å². The summed E-state index contributed by atoms with van der Waals surface area (Å²) in [4.78, 5) is 24.6. The Bertz CT molecular complexity index is 642. The highest BCUT2D eigenvalue weighted by Gasteiger charge is 2.34. The molecule has 0 bridgehead atoms. The first-order valence-corrected chi connectivity index (χ1v) is 10.0. The second kappa shape index (κ2) is 8.76. The third kappa shape index (κ3) is 4.70. The molecule has 1 aromatic rings. The lowest BCUT2D eigenvalue weighted by Crippen LogP contribution is -2.57. The summed E-state index contributed by atoms with van der Waals surface area (Å²) in [5, 5.41) is 6.10. The van der Waals surface area contributed by atoms with E-state index in [1.165, 1.54) is 0 Å². The summed E-state index contributed by atoms with van der Waals surface area (Å²) in [5.41, 5.74) is 0.746. The molecule has 0 saturated heterocycles. The molecule has 0 spiro atoms. The number of hydrogen-bond acceptors (Lipinski definition) is 3. The molecular weight excluding hydrogens is 352 g/mol. The number of rotatable bonds is 5. The minimum Gasteiger partial charge on any atom is -0.480 e. The number of carbonyl (C=O) groups is 2. The summed E-state index contributed by atoms with van der Waals surface area (Å²) >= 11 is 5.69. The highest BCUT2D eigenvalue weighted by molar-refractivity contribution is 6.27. The molecule has 2 N–H and O–H groups in total. The fourth-order valence-electron chi connectivity index (χ4n) is 3.96. The molecular formula is C20H27ClN2O3. The van der Waals surface area contributed by atoms with Crippen LogP contribution in [0.3, 0.4) is 0 Å². The van der Waals surface area contributed by atoms with E-state index in [4.69, 9.17) is 16.3 Å². The molecule has 1 fully saturated rings. The number of alkyl halides is 1. The van der Waals surface area contributed by atoms with Crippen molar-refractivity contribution in [1.82, 2.24) is 10.6 Å². The Morgan fingerprint density at radius 1 is 1.15 bits per heavy atom. The highest BCUT2D eigenvalue weighted by Crippen LogP contribution is 2.29. The third-order valence-corrected chi connectivity index (χ3v) is 5.64. The van der Waals surface area contributed by atoms with Crippen LogP contribution in [0.25, 0.3) is 0 Å². The number of nitrogens with one attached hydrogen (secondary N) is 2. The average molecular weight is 379 g/mol. The fourth-order valence-corrected chi connectivity index (χ4v) is 4.03. The maximum atomic E-state index is 12.7. The van der Waals surface area contributed by atoms with Crippen LogP contribution >= 0.6 is 11.6 Å². The van der Waals surface area contributed by atoms with Crippen molar-refractivity contribution in [1.29, 1.82) is 0 Å². The zero-order valence-electron chi connectivity index (χ0n) is 15.1. The first-order chi connectivity index (χ1) is 12.6. The number of aryl methyl sites for hydroxylation is 1. The minimum atomic E-state index is -0.476. The van der Waals surface area contributed by atoms with Crippen molar-refractivity contribution in [2.24, 2.45) is 0 Å². The molecule has 26 heavy (non-hydrogen) atoms. The van der Waals surface area contributed by atoms with Crippen LogP contribution in [0, 0.1) is 0 Å². The number of halogens is 1. The van der Waals surface area contributed by atoms with Gasteiger partial charge in [0.25, 0.3) is 5.91 Å². The zero-order valence-corrected chi connectivity index (χ0v) is 15.8. The Morgan fingerprint density at radius 3 is 2.62 bits per heavy atom. The number of amides is 2. The van der Waals surface area contributed by atoms with E-state index in [9.17, 15) is 9.59 Å². The van der Waals surface area contributed by atoms with Gasteiger partial charge in [-0.3, -0.25) is 9.59 Å². The van der Waals surface area contributed by atoms with Crippen molar-refractivity contribution in [2.75, 3.05) is 12.4 Å². The van der Waals surface area contributed by atoms with Gasteiger partial charge in [0, 0.05) is 6.54 Å². The molecule has 1 aromatic carbocycles. The summed E-state index contributed by atoms with van der Waals surface area (Å²) in [5.74, 6) is 0.450. The van der Waals surface area contributed by atoms with E-state index in [-0.39, 0.29) is 17.7 Å². The summed E-state index contributed by atoms with van der Waals surface area (Å²) in [7, 11) is 0. The number of benzene rings is 1. The van der Waals surface area contributed by atoms with Gasteiger partial charge in [0.1, 0.15) is 11.6 Å². The van der Waals surface area contributed by atoms with Crippen LogP contribution in [0.4, 0.5) is 0 Å². The maximum Gasteiger partial charge on any atom is 0.261 e. The first kappa shape index (κ1) is 19.0. The van der Waals surface area contributed by atoms with Gasteiger partial charge in [-0.1, -0.05) is 43.9 Å². The predicted octanol–water partition coefficient (Wildman–Crippen LogP) is 2.94. The minimum absolute atomic E-state index is 0.0573. The molecule has 1 aliphatic carbocycles. The Labute approximate surface area is 159 Å². The topological polar surface area (TPSA) is 67.4 Å². The normalized spacial score (nSPS) is 21.7. The molecule has 1 aliphatic heterocycles. The van der Waals surface area contributed by atoms with Crippen molar-refractivity contribution < 1.29 is 14.3 Å². The van der Waals surface area contributed by atoms with Gasteiger partial charge in [0.2, 0.25) is 5.91 Å². The summed E-state index contributed by atoms with van der Waals surface area (Å²) < 4.78 is 5.87. The maximum absolute atomic E-state index is 12.7. The molecule has 1 unspecified atom stereocenters. The molecule has 1 saturated carbocycles. The van der Waals surface area contributed by atoms with Crippen LogP contribution in [0.5, 0.6) is 5.75 Å². The lowest BCUT2D eigenvalue weighted by molar-refractivity contribution is -0.129. The monoisotopic (exact) mass is 378 g/mol. The van der Waals surface area contributed by atoms with E-state index in [0.29, 0.717) is 13.0 Å². The van der Waals surface area contributed by atoms with Gasteiger partial charge >= 0.3 is 0 Å². The first-order valence-electron chi connectivity index (χ1n) is 9.51. The standard InChI is InChI=1S/C20H27ClN2O3/c21-13-18(24)23-20(11-5-1-2-6-12-20)14-22-19(25)17-10-9-15-7-3-4-8-16(15)26-17/h3-4,7-8,17H,1-2,5-6,9-14H2,(H,22,25)(H,23,24). The van der Waals surface area contributed by atoms with Gasteiger partial charge in [-0.25, -0.2) is 0 Å². The van der Waals surface area contributed by atoms with Crippen molar-refractivity contribution in [3.8, 4) is 5.75 Å². The smallest absolute Gasteiger partial charge is 0.261 e. The molecule has 0 radical (unpaired) electrons. The van der Waals surface area contributed by atoms with Crippen LogP contribution < -0.4 is 15.4 Å². The SMILES string of the molecule is O=C(CCl)NC1(CNC(=O)C2CCc3ccccc3O2)CCCCCC1. The van der Waals surface area contributed by atoms with E-state index >= 15 is 0 Å². The number of para-hydroxylation sites is 1. The Kier molecular flexibility index (Phi) is 6.41. The van der Waals surface area contributed by atoms with Crippen molar-refractivity contribution in [3.05, 3.63) is 29.8 Å². The van der Waals surface area contributed by atoms with Crippen molar-refractivity contribution in [2.45, 2.75) is 63.0 Å². The van der Waals surface area contributed by atoms with Crippen LogP contribution in [0.1, 0.15) is 50.5 Å². The lowest BCUT2D eigenvalue weighted by atomic mass is 9.89. The second-order valence-electron chi connectivity index (χ2n) is 7.35.